The van der Waals surface area contributed by atoms with Gasteiger partial charge in [-0.25, -0.2) is 0 Å². The third kappa shape index (κ3) is 4.25. The van der Waals surface area contributed by atoms with Gasteiger partial charge in [0.15, 0.2) is 0 Å². The minimum atomic E-state index is -0.544. The van der Waals surface area contributed by atoms with Gasteiger partial charge in [0, 0.05) is 6.42 Å². The molecule has 0 aliphatic carbocycles. The van der Waals surface area contributed by atoms with E-state index in [1.807, 2.05) is 48.9 Å². The number of nitro groups is 1. The molecule has 0 aliphatic rings. The number of benzene rings is 1. The molecule has 1 aromatic carbocycles. The van der Waals surface area contributed by atoms with Crippen molar-refractivity contribution in [3.05, 3.63) is 69.2 Å². The van der Waals surface area contributed by atoms with Crippen molar-refractivity contribution in [1.29, 1.82) is 0 Å². The fraction of sp³-hybridized carbons (Fsp3) is 0.316. The van der Waals surface area contributed by atoms with Crippen LogP contribution >= 0.6 is 0 Å². The maximum absolute atomic E-state index is 12.4. The van der Waals surface area contributed by atoms with E-state index in [2.05, 4.69) is 15.5 Å². The van der Waals surface area contributed by atoms with E-state index < -0.39 is 4.92 Å². The molecule has 0 saturated carbocycles. The molecule has 0 unspecified atom stereocenters. The van der Waals surface area contributed by atoms with Crippen molar-refractivity contribution in [3.8, 4) is 0 Å². The van der Waals surface area contributed by atoms with Gasteiger partial charge >= 0.3 is 5.82 Å². The highest BCUT2D eigenvalue weighted by atomic mass is 16.6. The smallest absolute Gasteiger partial charge is 0.358 e. The van der Waals surface area contributed by atoms with Crippen molar-refractivity contribution >= 4 is 17.4 Å². The van der Waals surface area contributed by atoms with Crippen LogP contribution in [0.1, 0.15) is 29.1 Å². The van der Waals surface area contributed by atoms with Crippen LogP contribution in [0.5, 0.6) is 0 Å². The number of amides is 1. The highest BCUT2D eigenvalue weighted by Gasteiger charge is 2.18. The van der Waals surface area contributed by atoms with E-state index in [1.165, 1.54) is 10.7 Å². The van der Waals surface area contributed by atoms with E-state index in [4.69, 9.17) is 0 Å². The lowest BCUT2D eigenvalue weighted by Crippen LogP contribution is -2.16. The van der Waals surface area contributed by atoms with Gasteiger partial charge in [-0.2, -0.15) is 9.78 Å². The molecule has 2 aromatic heterocycles. The average molecular weight is 382 g/mol. The van der Waals surface area contributed by atoms with Crippen molar-refractivity contribution in [2.45, 2.75) is 40.3 Å². The minimum Gasteiger partial charge on any atom is -0.358 e. The Morgan fingerprint density at radius 3 is 2.50 bits per heavy atom. The lowest BCUT2D eigenvalue weighted by atomic mass is 10.2. The van der Waals surface area contributed by atoms with Crippen LogP contribution in [0.3, 0.4) is 0 Å². The van der Waals surface area contributed by atoms with Gasteiger partial charge in [0.25, 0.3) is 0 Å². The van der Waals surface area contributed by atoms with Crippen LogP contribution in [0.4, 0.5) is 11.5 Å². The predicted octanol–water partition coefficient (Wildman–Crippen LogP) is 2.99. The molecule has 9 heteroatoms. The number of anilines is 1. The summed E-state index contributed by atoms with van der Waals surface area (Å²) in [6, 6.07) is 11.4. The van der Waals surface area contributed by atoms with Crippen molar-refractivity contribution in [2.75, 3.05) is 5.32 Å². The van der Waals surface area contributed by atoms with Crippen LogP contribution in [-0.2, 0) is 17.9 Å². The van der Waals surface area contributed by atoms with Gasteiger partial charge in [-0.1, -0.05) is 30.3 Å². The molecule has 3 aromatic rings. The van der Waals surface area contributed by atoms with E-state index in [0.29, 0.717) is 17.9 Å². The molecule has 1 N–H and O–H groups in total. The first-order valence-electron chi connectivity index (χ1n) is 8.91. The highest BCUT2D eigenvalue weighted by molar-refractivity contribution is 5.91. The lowest BCUT2D eigenvalue weighted by molar-refractivity contribution is -0.389. The molecule has 1 amide bonds. The molecule has 146 valence electrons. The molecule has 0 radical (unpaired) electrons. The van der Waals surface area contributed by atoms with E-state index >= 15 is 0 Å². The summed E-state index contributed by atoms with van der Waals surface area (Å²) in [6.45, 7) is 6.38. The zero-order valence-electron chi connectivity index (χ0n) is 16.0. The second kappa shape index (κ2) is 8.03. The maximum atomic E-state index is 12.4. The second-order valence-electron chi connectivity index (χ2n) is 6.61. The zero-order valence-corrected chi connectivity index (χ0v) is 16.0. The molecule has 2 heterocycles. The summed E-state index contributed by atoms with van der Waals surface area (Å²) in [5, 5.41) is 22.1. The SMILES string of the molecule is Cc1nn(Cc2ccccc2)c(C)c1NC(=O)CCn1nc([N+](=O)[O-])cc1C. The van der Waals surface area contributed by atoms with Crippen LogP contribution < -0.4 is 5.32 Å². The number of hydrogen-bond donors (Lipinski definition) is 1. The van der Waals surface area contributed by atoms with Gasteiger partial charge in [0.1, 0.15) is 0 Å². The van der Waals surface area contributed by atoms with Crippen molar-refractivity contribution in [2.24, 2.45) is 0 Å². The van der Waals surface area contributed by atoms with Crippen LogP contribution in [0.25, 0.3) is 0 Å². The van der Waals surface area contributed by atoms with Gasteiger partial charge < -0.3 is 15.4 Å². The Kier molecular flexibility index (Phi) is 5.53. The Hall–Kier alpha value is -3.49. The molecule has 0 aliphatic heterocycles. The number of carbonyl (C=O) groups is 1. The van der Waals surface area contributed by atoms with Gasteiger partial charge in [-0.3, -0.25) is 9.48 Å². The lowest BCUT2D eigenvalue weighted by Gasteiger charge is -2.07. The van der Waals surface area contributed by atoms with Gasteiger partial charge in [0.05, 0.1) is 47.0 Å². The summed E-state index contributed by atoms with van der Waals surface area (Å²) >= 11 is 0. The average Bonchev–Trinajstić information content (AvgIpc) is 3.16. The first kappa shape index (κ1) is 19.3. The summed E-state index contributed by atoms with van der Waals surface area (Å²) in [6.07, 6.45) is 0.155. The molecule has 0 fully saturated rings. The Balaban J connectivity index is 1.65. The number of aryl methyl sites for hydroxylation is 3. The van der Waals surface area contributed by atoms with Crippen LogP contribution in [-0.4, -0.2) is 30.4 Å². The number of hydrogen-bond acceptors (Lipinski definition) is 5. The summed E-state index contributed by atoms with van der Waals surface area (Å²) in [5.74, 6) is -0.408. The normalized spacial score (nSPS) is 10.8. The van der Waals surface area contributed by atoms with Crippen LogP contribution in [0, 0.1) is 30.9 Å². The third-order valence-electron chi connectivity index (χ3n) is 4.53. The number of nitrogens with zero attached hydrogens (tertiary/aromatic N) is 5. The van der Waals surface area contributed by atoms with Crippen molar-refractivity contribution < 1.29 is 9.72 Å². The van der Waals surface area contributed by atoms with Gasteiger partial charge in [-0.15, -0.1) is 0 Å². The fourth-order valence-electron chi connectivity index (χ4n) is 3.01. The molecular formula is C19H22N6O3. The molecule has 28 heavy (non-hydrogen) atoms. The first-order valence-corrected chi connectivity index (χ1v) is 8.91. The van der Waals surface area contributed by atoms with E-state index in [1.54, 1.807) is 6.92 Å². The quantitative estimate of drug-likeness (QED) is 0.499. The number of aromatic nitrogens is 4. The molecule has 0 atom stereocenters. The Morgan fingerprint density at radius 2 is 1.86 bits per heavy atom. The maximum Gasteiger partial charge on any atom is 0.390 e. The molecule has 9 nitrogen and oxygen atoms in total. The Morgan fingerprint density at radius 1 is 1.14 bits per heavy atom. The standard InChI is InChI=1S/C19H22N6O3/c1-13-11-17(25(27)28)22-23(13)10-9-18(26)20-19-14(2)21-24(15(19)3)12-16-7-5-4-6-8-16/h4-8,11H,9-10,12H2,1-3H3,(H,20,26). The minimum absolute atomic E-state index is 0.155. The zero-order chi connectivity index (χ0) is 20.3. The molecule has 0 spiro atoms. The van der Waals surface area contributed by atoms with Crippen LogP contribution in [0.2, 0.25) is 0 Å². The topological polar surface area (TPSA) is 108 Å². The molecule has 3 rings (SSSR count). The monoisotopic (exact) mass is 382 g/mol. The van der Waals surface area contributed by atoms with Crippen LogP contribution in [0.15, 0.2) is 36.4 Å². The summed E-state index contributed by atoms with van der Waals surface area (Å²) in [5.41, 5.74) is 4.08. The number of rotatable bonds is 7. The number of nitrogens with one attached hydrogen (secondary N) is 1. The van der Waals surface area contributed by atoms with Crippen molar-refractivity contribution in [3.63, 3.8) is 0 Å². The summed E-state index contributed by atoms with van der Waals surface area (Å²) < 4.78 is 3.33. The molecule has 0 saturated heterocycles. The summed E-state index contributed by atoms with van der Waals surface area (Å²) in [7, 11) is 0. The highest BCUT2D eigenvalue weighted by Crippen LogP contribution is 2.21. The predicted molar refractivity (Wildman–Crippen MR) is 104 cm³/mol. The number of carbonyl (C=O) groups excluding carboxylic acids is 1. The largest absolute Gasteiger partial charge is 0.390 e. The Labute approximate surface area is 162 Å². The molecule has 0 bridgehead atoms. The first-order chi connectivity index (χ1) is 13.3. The Bertz CT molecular complexity index is 1010. The van der Waals surface area contributed by atoms with E-state index in [0.717, 1.165) is 17.0 Å². The fourth-order valence-corrected chi connectivity index (χ4v) is 3.01. The summed E-state index contributed by atoms with van der Waals surface area (Å²) in [4.78, 5) is 22.6. The van der Waals surface area contributed by atoms with Crippen molar-refractivity contribution in [1.82, 2.24) is 19.6 Å². The molecular weight excluding hydrogens is 360 g/mol. The van der Waals surface area contributed by atoms with Gasteiger partial charge in [0.2, 0.25) is 5.91 Å². The van der Waals surface area contributed by atoms with E-state index in [-0.39, 0.29) is 24.7 Å². The van der Waals surface area contributed by atoms with E-state index in [9.17, 15) is 14.9 Å². The third-order valence-corrected chi connectivity index (χ3v) is 4.53. The van der Waals surface area contributed by atoms with Gasteiger partial charge in [-0.05, 0) is 31.3 Å². The second-order valence-corrected chi connectivity index (χ2v) is 6.61.